The molecule has 1 aliphatic heterocycles. The molecule has 8 nitrogen and oxygen atoms in total. The van der Waals surface area contributed by atoms with Crippen LogP contribution in [0.1, 0.15) is 47.2 Å². The summed E-state index contributed by atoms with van der Waals surface area (Å²) in [5, 5.41) is 9.33. The summed E-state index contributed by atoms with van der Waals surface area (Å²) in [6, 6.07) is 10.6. The summed E-state index contributed by atoms with van der Waals surface area (Å²) in [5.41, 5.74) is 4.18. The molecule has 1 saturated heterocycles. The zero-order valence-corrected chi connectivity index (χ0v) is 20.6. The van der Waals surface area contributed by atoms with Crippen LogP contribution in [0.25, 0.3) is 0 Å². The first-order valence-corrected chi connectivity index (χ1v) is 12.6. The molecule has 0 saturated carbocycles. The molecular weight excluding hydrogens is 462 g/mol. The number of hydrogen-bond donors (Lipinski definition) is 3. The van der Waals surface area contributed by atoms with E-state index in [9.17, 15) is 4.79 Å². The molecule has 1 fully saturated rings. The van der Waals surface area contributed by atoms with Gasteiger partial charge >= 0.3 is 0 Å². The molecule has 182 valence electrons. The first-order chi connectivity index (χ1) is 17.1. The van der Waals surface area contributed by atoms with Crippen molar-refractivity contribution in [2.75, 3.05) is 30.8 Å². The average molecular weight is 492 g/mol. The minimum atomic E-state index is -0.249. The number of carbonyl (C=O) groups excluding carboxylic acids is 1. The average Bonchev–Trinajstić information content (AvgIpc) is 3.33. The van der Waals surface area contributed by atoms with Gasteiger partial charge in [-0.25, -0.2) is 9.97 Å². The van der Waals surface area contributed by atoms with E-state index in [0.29, 0.717) is 34.2 Å². The molecule has 0 spiro atoms. The summed E-state index contributed by atoms with van der Waals surface area (Å²) < 4.78 is 0. The Morgan fingerprint density at radius 3 is 2.63 bits per heavy atom. The van der Waals surface area contributed by atoms with Crippen LogP contribution in [0, 0.1) is 0 Å². The molecule has 2 aliphatic rings. The third-order valence-corrected chi connectivity index (χ3v) is 7.15. The Balaban J connectivity index is 1.31. The first-order valence-electron chi connectivity index (χ1n) is 12.2. The highest BCUT2D eigenvalue weighted by molar-refractivity contribution is 6.33. The molecule has 1 atom stereocenters. The number of amides is 1. The van der Waals surface area contributed by atoms with Crippen LogP contribution in [0.4, 0.5) is 23.3 Å². The zero-order chi connectivity index (χ0) is 24.2. The number of aryl methyl sites for hydroxylation is 2. The molecule has 3 heterocycles. The lowest BCUT2D eigenvalue weighted by Gasteiger charge is -2.25. The summed E-state index contributed by atoms with van der Waals surface area (Å²) in [6.07, 6.45) is 10.5. The molecule has 3 N–H and O–H groups in total. The van der Waals surface area contributed by atoms with E-state index in [1.54, 1.807) is 25.4 Å². The number of aromatic nitrogens is 3. The fourth-order valence-electron chi connectivity index (χ4n) is 5.02. The van der Waals surface area contributed by atoms with Gasteiger partial charge in [0, 0.05) is 25.0 Å². The third-order valence-electron chi connectivity index (χ3n) is 6.87. The monoisotopic (exact) mass is 491 g/mol. The van der Waals surface area contributed by atoms with Gasteiger partial charge in [-0.05, 0) is 87.0 Å². The van der Waals surface area contributed by atoms with Crippen molar-refractivity contribution in [3.05, 3.63) is 64.4 Å². The number of benzene rings is 1. The van der Waals surface area contributed by atoms with Crippen molar-refractivity contribution in [3.63, 3.8) is 0 Å². The number of likely N-dealkylation sites (tertiary alicyclic amines) is 1. The van der Waals surface area contributed by atoms with Crippen LogP contribution in [-0.4, -0.2) is 51.9 Å². The van der Waals surface area contributed by atoms with E-state index in [0.717, 1.165) is 18.5 Å². The number of rotatable bonds is 6. The van der Waals surface area contributed by atoms with Crippen molar-refractivity contribution in [2.45, 2.75) is 44.6 Å². The molecule has 3 aromatic rings. The molecule has 1 unspecified atom stereocenters. The molecule has 1 amide bonds. The normalized spacial score (nSPS) is 17.9. The second-order valence-corrected chi connectivity index (χ2v) is 9.48. The fraction of sp³-hybridized carbons (Fsp3) is 0.385. The number of nitrogens with one attached hydrogen (secondary N) is 3. The largest absolute Gasteiger partial charge is 0.355 e. The van der Waals surface area contributed by atoms with Gasteiger partial charge in [-0.15, -0.1) is 0 Å². The topological polar surface area (TPSA) is 95.1 Å². The Bertz CT molecular complexity index is 1210. The zero-order valence-electron chi connectivity index (χ0n) is 19.9. The third kappa shape index (κ3) is 5.39. The summed E-state index contributed by atoms with van der Waals surface area (Å²) in [5.74, 6) is 0.908. The second kappa shape index (κ2) is 10.6. The van der Waals surface area contributed by atoms with Crippen molar-refractivity contribution in [3.8, 4) is 0 Å². The Morgan fingerprint density at radius 2 is 1.83 bits per heavy atom. The van der Waals surface area contributed by atoms with E-state index < -0.39 is 0 Å². The summed E-state index contributed by atoms with van der Waals surface area (Å²) in [6.45, 7) is 2.50. The molecule has 2 aromatic heterocycles. The van der Waals surface area contributed by atoms with Crippen LogP contribution in [0.15, 0.2) is 42.7 Å². The van der Waals surface area contributed by atoms with Crippen molar-refractivity contribution in [2.24, 2.45) is 0 Å². The second-order valence-electron chi connectivity index (χ2n) is 9.08. The maximum atomic E-state index is 12.2. The highest BCUT2D eigenvalue weighted by Gasteiger charge is 2.24. The van der Waals surface area contributed by atoms with Crippen LogP contribution < -0.4 is 16.0 Å². The molecule has 1 aromatic carbocycles. The number of fused-ring (bicyclic) bond motifs is 1. The van der Waals surface area contributed by atoms with Crippen molar-refractivity contribution in [1.82, 2.24) is 25.2 Å². The number of hydrogen-bond acceptors (Lipinski definition) is 7. The maximum Gasteiger partial charge on any atom is 0.254 e. The maximum absolute atomic E-state index is 12.2. The standard InChI is InChI=1S/C26H30ClN7O/c1-28-25(35)21-5-4-12-29-23(21)32-24-22(27)16-30-26(33-24)31-19-9-6-17-7-10-20(11-8-18(17)15-19)34-13-2-3-14-34/h4-6,9,12,15-16,20H,2-3,7-8,10-11,13-14H2,1H3,(H,28,35)(H2,29,30,31,32,33). The lowest BCUT2D eigenvalue weighted by molar-refractivity contribution is 0.0963. The van der Waals surface area contributed by atoms with Crippen LogP contribution in [0.3, 0.4) is 0 Å². The van der Waals surface area contributed by atoms with Gasteiger partial charge in [-0.2, -0.15) is 4.98 Å². The van der Waals surface area contributed by atoms with E-state index >= 15 is 0 Å². The lowest BCUT2D eigenvalue weighted by atomic mass is 10.0. The van der Waals surface area contributed by atoms with Gasteiger partial charge in [0.15, 0.2) is 5.82 Å². The molecule has 0 radical (unpaired) electrons. The highest BCUT2D eigenvalue weighted by atomic mass is 35.5. The van der Waals surface area contributed by atoms with Crippen LogP contribution in [0.5, 0.6) is 0 Å². The fourth-order valence-corrected chi connectivity index (χ4v) is 5.16. The van der Waals surface area contributed by atoms with Crippen molar-refractivity contribution in [1.29, 1.82) is 0 Å². The SMILES string of the molecule is CNC(=O)c1cccnc1Nc1nc(Nc2ccc3c(c2)CCC(N2CCCC2)CC3)ncc1Cl. The van der Waals surface area contributed by atoms with E-state index in [1.165, 1.54) is 56.1 Å². The van der Waals surface area contributed by atoms with Gasteiger partial charge in [0.05, 0.1) is 11.8 Å². The van der Waals surface area contributed by atoms with Gasteiger partial charge in [-0.3, -0.25) is 4.79 Å². The minimum absolute atomic E-state index is 0.249. The Hall–Kier alpha value is -3.23. The predicted octanol–water partition coefficient (Wildman–Crippen LogP) is 4.72. The van der Waals surface area contributed by atoms with Crippen LogP contribution in [-0.2, 0) is 12.8 Å². The molecule has 0 bridgehead atoms. The van der Waals surface area contributed by atoms with E-state index in [2.05, 4.69) is 54.0 Å². The van der Waals surface area contributed by atoms with Crippen molar-refractivity contribution < 1.29 is 4.79 Å². The van der Waals surface area contributed by atoms with Gasteiger partial charge in [0.1, 0.15) is 10.8 Å². The number of anilines is 4. The molecule has 35 heavy (non-hydrogen) atoms. The number of pyridine rings is 1. The molecule has 1 aliphatic carbocycles. The Kier molecular flexibility index (Phi) is 7.11. The number of nitrogens with zero attached hydrogens (tertiary/aromatic N) is 4. The quantitative estimate of drug-likeness (QED) is 0.429. The minimum Gasteiger partial charge on any atom is -0.355 e. The molecular formula is C26H30ClN7O. The lowest BCUT2D eigenvalue weighted by Crippen LogP contribution is -2.32. The number of carbonyl (C=O) groups is 1. The van der Waals surface area contributed by atoms with Gasteiger partial charge in [0.2, 0.25) is 5.95 Å². The van der Waals surface area contributed by atoms with Crippen LogP contribution >= 0.6 is 11.6 Å². The van der Waals surface area contributed by atoms with E-state index in [1.807, 2.05) is 0 Å². The molecule has 9 heteroatoms. The van der Waals surface area contributed by atoms with E-state index in [4.69, 9.17) is 11.6 Å². The van der Waals surface area contributed by atoms with Gasteiger partial charge < -0.3 is 20.9 Å². The van der Waals surface area contributed by atoms with E-state index in [-0.39, 0.29) is 5.91 Å². The van der Waals surface area contributed by atoms with Gasteiger partial charge in [-0.1, -0.05) is 17.7 Å². The smallest absolute Gasteiger partial charge is 0.254 e. The Labute approximate surface area is 210 Å². The summed E-state index contributed by atoms with van der Waals surface area (Å²) in [4.78, 5) is 28.0. The van der Waals surface area contributed by atoms with Gasteiger partial charge in [0.25, 0.3) is 5.91 Å². The number of halogens is 1. The highest BCUT2D eigenvalue weighted by Crippen LogP contribution is 2.30. The Morgan fingerprint density at radius 1 is 1.03 bits per heavy atom. The summed E-state index contributed by atoms with van der Waals surface area (Å²) >= 11 is 6.35. The molecule has 5 rings (SSSR count). The predicted molar refractivity (Wildman–Crippen MR) is 139 cm³/mol. The first kappa shape index (κ1) is 23.5. The van der Waals surface area contributed by atoms with Crippen LogP contribution in [0.2, 0.25) is 5.02 Å². The van der Waals surface area contributed by atoms with Crippen molar-refractivity contribution >= 4 is 40.8 Å². The summed E-state index contributed by atoms with van der Waals surface area (Å²) in [7, 11) is 1.58.